The molecule has 3 nitrogen and oxygen atoms in total. The van der Waals surface area contributed by atoms with Crippen molar-refractivity contribution in [1.82, 2.24) is 4.90 Å². The number of fused-ring (bicyclic) bond motifs is 1. The van der Waals surface area contributed by atoms with E-state index in [1.165, 1.54) is 16.2 Å². The zero-order chi connectivity index (χ0) is 14.8. The van der Waals surface area contributed by atoms with Crippen LogP contribution < -0.4 is 5.73 Å². The van der Waals surface area contributed by atoms with Crippen LogP contribution in [0, 0.1) is 0 Å². The van der Waals surface area contributed by atoms with Crippen molar-refractivity contribution in [2.24, 2.45) is 5.73 Å². The summed E-state index contributed by atoms with van der Waals surface area (Å²) in [7, 11) is 0. The zero-order valence-corrected chi connectivity index (χ0v) is 14.3. The zero-order valence-electron chi connectivity index (χ0n) is 12.6. The molecular formula is C16H24N2OS2. The van der Waals surface area contributed by atoms with Crippen molar-refractivity contribution in [1.29, 1.82) is 0 Å². The number of thioether (sulfide) groups is 1. The summed E-state index contributed by atoms with van der Waals surface area (Å²) in [5.74, 6) is 2.50. The Hall–Kier alpha value is -0.520. The third kappa shape index (κ3) is 3.30. The average Bonchev–Trinajstić information content (AvgIpc) is 2.93. The van der Waals surface area contributed by atoms with E-state index in [0.29, 0.717) is 12.1 Å². The van der Waals surface area contributed by atoms with Crippen LogP contribution in [-0.4, -0.2) is 35.2 Å². The van der Waals surface area contributed by atoms with Gasteiger partial charge in [0.25, 0.3) is 5.91 Å². The first kappa shape index (κ1) is 15.4. The molecule has 0 aromatic carbocycles. The van der Waals surface area contributed by atoms with E-state index in [0.717, 1.165) is 49.3 Å². The molecule has 1 aromatic heterocycles. The van der Waals surface area contributed by atoms with Crippen molar-refractivity contribution >= 4 is 29.0 Å². The van der Waals surface area contributed by atoms with Gasteiger partial charge in [0.2, 0.25) is 0 Å². The maximum Gasteiger partial charge on any atom is 0.264 e. The quantitative estimate of drug-likeness (QED) is 0.928. The number of aryl methyl sites for hydroxylation is 1. The van der Waals surface area contributed by atoms with Gasteiger partial charge in [0, 0.05) is 29.3 Å². The van der Waals surface area contributed by atoms with Crippen LogP contribution in [0.5, 0.6) is 0 Å². The largest absolute Gasteiger partial charge is 0.335 e. The predicted molar refractivity (Wildman–Crippen MR) is 91.1 cm³/mol. The molecule has 1 aromatic rings. The van der Waals surface area contributed by atoms with E-state index in [9.17, 15) is 4.79 Å². The molecule has 0 spiro atoms. The van der Waals surface area contributed by atoms with Crippen molar-refractivity contribution in [3.8, 4) is 0 Å². The average molecular weight is 325 g/mol. The molecule has 0 radical (unpaired) electrons. The van der Waals surface area contributed by atoms with Crippen LogP contribution in [0.4, 0.5) is 0 Å². The van der Waals surface area contributed by atoms with Gasteiger partial charge < -0.3 is 10.6 Å². The maximum absolute atomic E-state index is 12.9. The Morgan fingerprint density at radius 1 is 1.38 bits per heavy atom. The minimum absolute atomic E-state index is 0.238. The summed E-state index contributed by atoms with van der Waals surface area (Å²) in [4.78, 5) is 17.3. The van der Waals surface area contributed by atoms with Crippen molar-refractivity contribution in [2.45, 2.75) is 56.9 Å². The highest BCUT2D eigenvalue weighted by molar-refractivity contribution is 7.98. The molecule has 1 aliphatic heterocycles. The summed E-state index contributed by atoms with van der Waals surface area (Å²) >= 11 is 3.70. The van der Waals surface area contributed by atoms with E-state index >= 15 is 0 Å². The Morgan fingerprint density at radius 3 is 2.81 bits per heavy atom. The van der Waals surface area contributed by atoms with Gasteiger partial charge in [-0.25, -0.2) is 0 Å². The Kier molecular flexibility index (Phi) is 4.92. The van der Waals surface area contributed by atoms with Gasteiger partial charge in [0.05, 0.1) is 4.88 Å². The molecular weight excluding hydrogens is 300 g/mol. The van der Waals surface area contributed by atoms with Crippen molar-refractivity contribution in [2.75, 3.05) is 12.3 Å². The van der Waals surface area contributed by atoms with E-state index in [-0.39, 0.29) is 5.91 Å². The van der Waals surface area contributed by atoms with Gasteiger partial charge in [0.15, 0.2) is 0 Å². The second-order valence-electron chi connectivity index (χ2n) is 6.02. The first-order valence-corrected chi connectivity index (χ1v) is 9.92. The fourth-order valence-electron chi connectivity index (χ4n) is 3.38. The normalized spacial score (nSPS) is 25.4. The molecule has 0 bridgehead atoms. The number of nitrogens with two attached hydrogens (primary N) is 1. The van der Waals surface area contributed by atoms with Gasteiger partial charge in [-0.2, -0.15) is 11.8 Å². The highest BCUT2D eigenvalue weighted by atomic mass is 32.2. The summed E-state index contributed by atoms with van der Waals surface area (Å²) in [6.45, 7) is 2.89. The van der Waals surface area contributed by atoms with Crippen molar-refractivity contribution < 1.29 is 4.79 Å². The van der Waals surface area contributed by atoms with Gasteiger partial charge in [-0.15, -0.1) is 11.3 Å². The summed E-state index contributed by atoms with van der Waals surface area (Å²) < 4.78 is 0. The minimum Gasteiger partial charge on any atom is -0.335 e. The molecule has 21 heavy (non-hydrogen) atoms. The van der Waals surface area contributed by atoms with Gasteiger partial charge >= 0.3 is 0 Å². The second kappa shape index (κ2) is 6.71. The van der Waals surface area contributed by atoms with Crippen molar-refractivity contribution in [3.63, 3.8) is 0 Å². The van der Waals surface area contributed by atoms with Crippen LogP contribution in [0.2, 0.25) is 0 Å². The predicted octanol–water partition coefficient (Wildman–Crippen LogP) is 3.27. The molecule has 1 saturated carbocycles. The van der Waals surface area contributed by atoms with E-state index in [1.54, 1.807) is 11.3 Å². The highest BCUT2D eigenvalue weighted by Gasteiger charge is 2.29. The van der Waals surface area contributed by atoms with Crippen LogP contribution in [-0.2, 0) is 12.2 Å². The smallest absolute Gasteiger partial charge is 0.264 e. The van der Waals surface area contributed by atoms with Crippen LogP contribution in [0.25, 0.3) is 0 Å². The monoisotopic (exact) mass is 324 g/mol. The molecule has 0 unspecified atom stereocenters. The Morgan fingerprint density at radius 2 is 2.14 bits per heavy atom. The first-order valence-electron chi connectivity index (χ1n) is 7.95. The minimum atomic E-state index is 0.238. The number of carbonyl (C=O) groups excluding carboxylic acids is 1. The molecule has 1 aliphatic carbocycles. The number of hydrogen-bond donors (Lipinski definition) is 1. The lowest BCUT2D eigenvalue weighted by Gasteiger charge is -2.35. The molecule has 116 valence electrons. The van der Waals surface area contributed by atoms with Crippen molar-refractivity contribution in [3.05, 3.63) is 21.4 Å². The number of nitrogens with zero attached hydrogens (tertiary/aromatic N) is 1. The third-order valence-corrected chi connectivity index (χ3v) is 6.86. The first-order chi connectivity index (χ1) is 10.2. The second-order valence-corrected chi connectivity index (χ2v) is 8.26. The summed E-state index contributed by atoms with van der Waals surface area (Å²) in [5.41, 5.74) is 7.38. The molecule has 5 heteroatoms. The topological polar surface area (TPSA) is 46.3 Å². The molecule has 1 amide bonds. The molecule has 0 saturated heterocycles. The summed E-state index contributed by atoms with van der Waals surface area (Å²) in [6, 6.07) is 2.86. The molecule has 2 heterocycles. The Labute approximate surface area is 135 Å². The summed E-state index contributed by atoms with van der Waals surface area (Å²) in [5, 5.41) is 0. The number of carbonyl (C=O) groups is 1. The van der Waals surface area contributed by atoms with E-state index < -0.39 is 0 Å². The van der Waals surface area contributed by atoms with Crippen LogP contribution in [0.3, 0.4) is 0 Å². The lowest BCUT2D eigenvalue weighted by Crippen LogP contribution is -2.43. The summed E-state index contributed by atoms with van der Waals surface area (Å²) in [6.07, 6.45) is 5.34. The third-order valence-electron chi connectivity index (χ3n) is 4.62. The molecule has 0 atom stereocenters. The van der Waals surface area contributed by atoms with Crippen LogP contribution in [0.15, 0.2) is 6.07 Å². The number of hydrogen-bond acceptors (Lipinski definition) is 4. The fraction of sp³-hybridized carbons (Fsp3) is 0.688. The number of rotatable bonds is 3. The lowest BCUT2D eigenvalue weighted by molar-refractivity contribution is 0.0645. The van der Waals surface area contributed by atoms with Gasteiger partial charge in [-0.3, -0.25) is 4.79 Å². The molecule has 2 aliphatic rings. The lowest BCUT2D eigenvalue weighted by atomic mass is 9.90. The SMILES string of the molecule is CCN(C(=O)c1cc2c(s1)CCSC2)C1CCC(N)CC1. The maximum atomic E-state index is 12.9. The Balaban J connectivity index is 1.74. The van der Waals surface area contributed by atoms with Gasteiger partial charge in [-0.1, -0.05) is 0 Å². The van der Waals surface area contributed by atoms with Crippen LogP contribution in [0.1, 0.15) is 52.7 Å². The molecule has 2 N–H and O–H groups in total. The standard InChI is InChI=1S/C16H24N2OS2/c1-2-18(13-5-3-12(17)4-6-13)16(19)15-9-11-10-20-8-7-14(11)21-15/h9,12-13H,2-8,10,17H2,1H3. The highest BCUT2D eigenvalue weighted by Crippen LogP contribution is 2.33. The molecule has 3 rings (SSSR count). The van der Waals surface area contributed by atoms with E-state index in [2.05, 4.69) is 17.9 Å². The van der Waals surface area contributed by atoms with Gasteiger partial charge in [-0.05, 0) is 56.4 Å². The fourth-order valence-corrected chi connectivity index (χ4v) is 5.70. The van der Waals surface area contributed by atoms with Crippen LogP contribution >= 0.6 is 23.1 Å². The number of amides is 1. The number of thiophene rings is 1. The van der Waals surface area contributed by atoms with E-state index in [1.807, 2.05) is 11.8 Å². The molecule has 1 fully saturated rings. The Bertz CT molecular complexity index is 483. The van der Waals surface area contributed by atoms with Gasteiger partial charge in [0.1, 0.15) is 0 Å². The van der Waals surface area contributed by atoms with E-state index in [4.69, 9.17) is 5.73 Å².